The molecule has 2 fully saturated rings. The van der Waals surface area contributed by atoms with E-state index >= 15 is 0 Å². The van der Waals surface area contributed by atoms with Crippen molar-refractivity contribution in [2.24, 2.45) is 0 Å². The normalized spacial score (nSPS) is 25.0. The molecular formula is C13H21NO6. The van der Waals surface area contributed by atoms with Crippen molar-refractivity contribution in [3.63, 3.8) is 0 Å². The van der Waals surface area contributed by atoms with Crippen LogP contribution in [0.5, 0.6) is 0 Å². The first-order valence-electron chi connectivity index (χ1n) is 6.62. The second-order valence-corrected chi connectivity index (χ2v) is 5.96. The predicted molar refractivity (Wildman–Crippen MR) is 68.0 cm³/mol. The summed E-state index contributed by atoms with van der Waals surface area (Å²) in [7, 11) is 1.29. The third kappa shape index (κ3) is 3.04. The molecule has 114 valence electrons. The highest BCUT2D eigenvalue weighted by Crippen LogP contribution is 2.35. The molecule has 2 rings (SSSR count). The number of methoxy groups -OCH3 is 1. The van der Waals surface area contributed by atoms with Crippen LogP contribution >= 0.6 is 0 Å². The average molecular weight is 287 g/mol. The highest BCUT2D eigenvalue weighted by Gasteiger charge is 2.54. The predicted octanol–water partition coefficient (Wildman–Crippen LogP) is 0.912. The molecule has 0 radical (unpaired) electrons. The van der Waals surface area contributed by atoms with E-state index in [4.69, 9.17) is 18.9 Å². The Hall–Kier alpha value is -1.34. The van der Waals surface area contributed by atoms with Crippen LogP contribution in [0.2, 0.25) is 0 Å². The number of hydrogen-bond acceptors (Lipinski definition) is 6. The zero-order chi connectivity index (χ0) is 15.0. The highest BCUT2D eigenvalue weighted by molar-refractivity contribution is 5.82. The van der Waals surface area contributed by atoms with Crippen LogP contribution in [0.3, 0.4) is 0 Å². The Morgan fingerprint density at radius 1 is 1.25 bits per heavy atom. The second-order valence-electron chi connectivity index (χ2n) is 5.96. The molecule has 0 bridgehead atoms. The molecule has 2 aliphatic heterocycles. The fourth-order valence-corrected chi connectivity index (χ4v) is 2.40. The fraction of sp³-hybridized carbons (Fsp3) is 0.846. The fourth-order valence-electron chi connectivity index (χ4n) is 2.40. The Kier molecular flexibility index (Phi) is 3.93. The largest absolute Gasteiger partial charge is 0.467 e. The Bertz CT molecular complexity index is 396. The summed E-state index contributed by atoms with van der Waals surface area (Å²) >= 11 is 0. The smallest absolute Gasteiger partial charge is 0.411 e. The number of rotatable bonds is 1. The van der Waals surface area contributed by atoms with Gasteiger partial charge in [-0.25, -0.2) is 9.59 Å². The molecule has 2 aliphatic rings. The number of ether oxygens (including phenoxy) is 4. The van der Waals surface area contributed by atoms with Crippen molar-refractivity contribution in [2.75, 3.05) is 26.9 Å². The van der Waals surface area contributed by atoms with Gasteiger partial charge in [0.25, 0.3) is 0 Å². The first-order valence-corrected chi connectivity index (χ1v) is 6.62. The summed E-state index contributed by atoms with van der Waals surface area (Å²) < 4.78 is 21.2. The van der Waals surface area contributed by atoms with E-state index in [1.54, 1.807) is 20.8 Å². The molecule has 20 heavy (non-hydrogen) atoms. The highest BCUT2D eigenvalue weighted by atomic mass is 16.7. The van der Waals surface area contributed by atoms with Crippen LogP contribution in [-0.2, 0) is 23.7 Å². The average Bonchev–Trinajstić information content (AvgIpc) is 2.94. The molecule has 1 spiro atoms. The lowest BCUT2D eigenvalue weighted by molar-refractivity contribution is -0.152. The summed E-state index contributed by atoms with van der Waals surface area (Å²) in [4.78, 5) is 25.4. The van der Waals surface area contributed by atoms with E-state index < -0.39 is 29.5 Å². The lowest BCUT2D eigenvalue weighted by Crippen LogP contribution is -2.44. The van der Waals surface area contributed by atoms with Gasteiger partial charge in [0.15, 0.2) is 5.79 Å². The van der Waals surface area contributed by atoms with Crippen molar-refractivity contribution in [3.8, 4) is 0 Å². The summed E-state index contributed by atoms with van der Waals surface area (Å²) in [5.41, 5.74) is -0.634. The van der Waals surface area contributed by atoms with Gasteiger partial charge in [-0.1, -0.05) is 0 Å². The van der Waals surface area contributed by atoms with Gasteiger partial charge in [-0.15, -0.1) is 0 Å². The molecule has 0 aromatic carbocycles. The second kappa shape index (κ2) is 5.21. The number of likely N-dealkylation sites (tertiary alicyclic amines) is 1. The third-order valence-corrected chi connectivity index (χ3v) is 3.21. The number of hydrogen-bond donors (Lipinski definition) is 0. The van der Waals surface area contributed by atoms with Gasteiger partial charge in [0, 0.05) is 6.42 Å². The van der Waals surface area contributed by atoms with Crippen LogP contribution in [0, 0.1) is 0 Å². The third-order valence-electron chi connectivity index (χ3n) is 3.21. The van der Waals surface area contributed by atoms with Crippen molar-refractivity contribution >= 4 is 12.1 Å². The molecule has 0 saturated carbocycles. The van der Waals surface area contributed by atoms with E-state index in [1.165, 1.54) is 12.0 Å². The van der Waals surface area contributed by atoms with Gasteiger partial charge < -0.3 is 18.9 Å². The van der Waals surface area contributed by atoms with Crippen molar-refractivity contribution in [1.29, 1.82) is 0 Å². The number of carbonyl (C=O) groups excluding carboxylic acids is 2. The minimum atomic E-state index is -0.907. The van der Waals surface area contributed by atoms with E-state index in [2.05, 4.69) is 0 Å². The van der Waals surface area contributed by atoms with Crippen molar-refractivity contribution in [2.45, 2.75) is 44.6 Å². The Balaban J connectivity index is 2.15. The minimum Gasteiger partial charge on any atom is -0.467 e. The Morgan fingerprint density at radius 3 is 2.35 bits per heavy atom. The molecule has 7 nitrogen and oxygen atoms in total. The lowest BCUT2D eigenvalue weighted by Gasteiger charge is -2.27. The molecule has 1 amide bonds. The SMILES string of the molecule is COC(=O)C1CC2(CN1C(=O)OC(C)(C)C)OCCO2. The van der Waals surface area contributed by atoms with Crippen LogP contribution in [0.4, 0.5) is 4.79 Å². The van der Waals surface area contributed by atoms with Gasteiger partial charge in [0.2, 0.25) is 0 Å². The van der Waals surface area contributed by atoms with Crippen molar-refractivity contribution in [1.82, 2.24) is 4.90 Å². The molecule has 2 saturated heterocycles. The quantitative estimate of drug-likeness (QED) is 0.667. The van der Waals surface area contributed by atoms with Crippen molar-refractivity contribution in [3.05, 3.63) is 0 Å². The molecule has 0 aliphatic carbocycles. The molecule has 1 atom stereocenters. The zero-order valence-corrected chi connectivity index (χ0v) is 12.3. The summed E-state index contributed by atoms with van der Waals surface area (Å²) in [6, 6.07) is -0.743. The summed E-state index contributed by atoms with van der Waals surface area (Å²) in [6.07, 6.45) is -0.303. The standard InChI is InChI=1S/C13H21NO6/c1-12(2,3)20-11(16)14-8-13(18-5-6-19-13)7-9(14)10(15)17-4/h9H,5-8H2,1-4H3. The van der Waals surface area contributed by atoms with Gasteiger partial charge in [0.1, 0.15) is 11.6 Å². The van der Waals surface area contributed by atoms with Crippen LogP contribution < -0.4 is 0 Å². The van der Waals surface area contributed by atoms with Gasteiger partial charge in [-0.2, -0.15) is 0 Å². The van der Waals surface area contributed by atoms with Gasteiger partial charge in [-0.3, -0.25) is 4.90 Å². The van der Waals surface area contributed by atoms with Crippen LogP contribution in [0.15, 0.2) is 0 Å². The molecule has 2 heterocycles. The maximum Gasteiger partial charge on any atom is 0.411 e. The van der Waals surface area contributed by atoms with Crippen LogP contribution in [0.1, 0.15) is 27.2 Å². The summed E-state index contributed by atoms with van der Waals surface area (Å²) in [5, 5.41) is 0. The van der Waals surface area contributed by atoms with E-state index in [0.29, 0.717) is 13.2 Å². The van der Waals surface area contributed by atoms with Crippen LogP contribution in [0.25, 0.3) is 0 Å². The van der Waals surface area contributed by atoms with Gasteiger partial charge in [-0.05, 0) is 20.8 Å². The first kappa shape index (κ1) is 15.1. The maximum atomic E-state index is 12.2. The number of carbonyl (C=O) groups is 2. The topological polar surface area (TPSA) is 74.3 Å². The molecule has 0 aromatic rings. The van der Waals surface area contributed by atoms with Crippen LogP contribution in [-0.4, -0.2) is 61.3 Å². The first-order chi connectivity index (χ1) is 9.26. The Morgan fingerprint density at radius 2 is 1.85 bits per heavy atom. The van der Waals surface area contributed by atoms with Crippen molar-refractivity contribution < 1.29 is 28.5 Å². The zero-order valence-electron chi connectivity index (χ0n) is 12.3. The van der Waals surface area contributed by atoms with E-state index in [-0.39, 0.29) is 13.0 Å². The van der Waals surface area contributed by atoms with Gasteiger partial charge >= 0.3 is 12.1 Å². The number of amides is 1. The number of esters is 1. The lowest BCUT2D eigenvalue weighted by atomic mass is 10.1. The summed E-state index contributed by atoms with van der Waals surface area (Å²) in [5.74, 6) is -1.40. The van der Waals surface area contributed by atoms with E-state index in [9.17, 15) is 9.59 Å². The monoisotopic (exact) mass is 287 g/mol. The molecule has 7 heteroatoms. The molecule has 0 aromatic heterocycles. The van der Waals surface area contributed by atoms with E-state index in [1.807, 2.05) is 0 Å². The maximum absolute atomic E-state index is 12.2. The Labute approximate surface area is 118 Å². The minimum absolute atomic E-state index is 0.168. The van der Waals surface area contributed by atoms with Gasteiger partial charge in [0.05, 0.1) is 26.9 Å². The number of nitrogens with zero attached hydrogens (tertiary/aromatic N) is 1. The molecule has 0 N–H and O–H groups in total. The summed E-state index contributed by atoms with van der Waals surface area (Å²) in [6.45, 7) is 6.39. The molecular weight excluding hydrogens is 266 g/mol. The molecule has 1 unspecified atom stereocenters. The van der Waals surface area contributed by atoms with E-state index in [0.717, 1.165) is 0 Å².